The molecule has 0 atom stereocenters. The third kappa shape index (κ3) is 4.67. The Morgan fingerprint density at radius 1 is 1.11 bits per heavy atom. The van der Waals surface area contributed by atoms with Crippen LogP contribution >= 0.6 is 0 Å². The Balaban J connectivity index is 1.68. The zero-order valence-electron chi connectivity index (χ0n) is 16.0. The van der Waals surface area contributed by atoms with E-state index in [0.717, 1.165) is 36.3 Å². The summed E-state index contributed by atoms with van der Waals surface area (Å²) in [5, 5.41) is 0. The molecule has 27 heavy (non-hydrogen) atoms. The summed E-state index contributed by atoms with van der Waals surface area (Å²) in [4.78, 5) is 28.3. The van der Waals surface area contributed by atoms with E-state index in [2.05, 4.69) is 0 Å². The molecule has 0 aliphatic carbocycles. The molecule has 0 aromatic heterocycles. The molecule has 1 heterocycles. The smallest absolute Gasteiger partial charge is 0.253 e. The van der Waals surface area contributed by atoms with E-state index in [0.29, 0.717) is 25.1 Å². The molecular formula is C22H26N2O3. The van der Waals surface area contributed by atoms with Crippen LogP contribution in [0.3, 0.4) is 0 Å². The zero-order valence-corrected chi connectivity index (χ0v) is 16.0. The van der Waals surface area contributed by atoms with E-state index in [1.54, 1.807) is 19.1 Å². The normalized spacial score (nSPS) is 14.1. The Morgan fingerprint density at radius 3 is 2.59 bits per heavy atom. The van der Waals surface area contributed by atoms with Crippen molar-refractivity contribution in [1.29, 1.82) is 0 Å². The third-order valence-electron chi connectivity index (χ3n) is 4.99. The number of likely N-dealkylation sites (N-methyl/N-ethyl adjacent to an activating group) is 1. The first-order chi connectivity index (χ1) is 13.1. The van der Waals surface area contributed by atoms with Gasteiger partial charge in [-0.2, -0.15) is 0 Å². The highest BCUT2D eigenvalue weighted by Crippen LogP contribution is 2.25. The average molecular weight is 366 g/mol. The first-order valence-corrected chi connectivity index (χ1v) is 9.36. The minimum Gasteiger partial charge on any atom is -0.497 e. The van der Waals surface area contributed by atoms with Gasteiger partial charge >= 0.3 is 0 Å². The van der Waals surface area contributed by atoms with Gasteiger partial charge in [-0.3, -0.25) is 9.59 Å². The van der Waals surface area contributed by atoms with E-state index in [1.807, 2.05) is 53.4 Å². The van der Waals surface area contributed by atoms with Crippen LogP contribution < -0.4 is 4.74 Å². The van der Waals surface area contributed by atoms with Crippen molar-refractivity contribution in [3.63, 3.8) is 0 Å². The lowest BCUT2D eigenvalue weighted by Crippen LogP contribution is -2.41. The monoisotopic (exact) mass is 366 g/mol. The molecule has 1 aliphatic heterocycles. The minimum atomic E-state index is -0.0378. The predicted octanol–water partition coefficient (Wildman–Crippen LogP) is 3.45. The van der Waals surface area contributed by atoms with Crippen molar-refractivity contribution in [2.24, 2.45) is 0 Å². The van der Waals surface area contributed by atoms with Crippen LogP contribution in [0.15, 0.2) is 48.5 Å². The number of hydrogen-bond donors (Lipinski definition) is 0. The molecule has 2 aromatic rings. The number of rotatable bonds is 6. The number of piperidine rings is 1. The van der Waals surface area contributed by atoms with Gasteiger partial charge in [-0.1, -0.05) is 24.3 Å². The van der Waals surface area contributed by atoms with Crippen molar-refractivity contribution in [2.45, 2.75) is 19.3 Å². The molecule has 142 valence electrons. The number of ether oxygens (including phenoxy) is 1. The van der Waals surface area contributed by atoms with E-state index < -0.39 is 0 Å². The van der Waals surface area contributed by atoms with Crippen molar-refractivity contribution in [3.8, 4) is 16.9 Å². The average Bonchev–Trinajstić information content (AvgIpc) is 2.72. The molecule has 2 aromatic carbocycles. The summed E-state index contributed by atoms with van der Waals surface area (Å²) in [6.45, 7) is 1.93. The fourth-order valence-corrected chi connectivity index (χ4v) is 3.33. The highest BCUT2D eigenvalue weighted by Gasteiger charge is 2.19. The molecule has 5 nitrogen and oxygen atoms in total. The third-order valence-corrected chi connectivity index (χ3v) is 4.99. The molecule has 0 saturated carbocycles. The van der Waals surface area contributed by atoms with Crippen LogP contribution in [0.2, 0.25) is 0 Å². The molecule has 1 saturated heterocycles. The molecule has 0 radical (unpaired) electrons. The van der Waals surface area contributed by atoms with Gasteiger partial charge in [-0.05, 0) is 48.2 Å². The van der Waals surface area contributed by atoms with Gasteiger partial charge in [0.25, 0.3) is 5.91 Å². The topological polar surface area (TPSA) is 49.9 Å². The molecule has 1 fully saturated rings. The second-order valence-corrected chi connectivity index (χ2v) is 6.88. The number of carbonyl (C=O) groups excluding carboxylic acids is 2. The maximum Gasteiger partial charge on any atom is 0.253 e. The van der Waals surface area contributed by atoms with Gasteiger partial charge in [0.15, 0.2) is 0 Å². The largest absolute Gasteiger partial charge is 0.497 e. The van der Waals surface area contributed by atoms with Gasteiger partial charge in [0.1, 0.15) is 5.75 Å². The first-order valence-electron chi connectivity index (χ1n) is 9.36. The van der Waals surface area contributed by atoms with Crippen LogP contribution in [-0.2, 0) is 4.79 Å². The summed E-state index contributed by atoms with van der Waals surface area (Å²) in [6, 6.07) is 15.4. The lowest BCUT2D eigenvalue weighted by Gasteiger charge is -2.28. The van der Waals surface area contributed by atoms with Gasteiger partial charge in [-0.25, -0.2) is 0 Å². The molecule has 3 rings (SSSR count). The number of amides is 2. The van der Waals surface area contributed by atoms with Crippen molar-refractivity contribution >= 4 is 11.8 Å². The number of carbonyl (C=O) groups is 2. The highest BCUT2D eigenvalue weighted by molar-refractivity contribution is 5.95. The summed E-state index contributed by atoms with van der Waals surface area (Å²) in [6.07, 6.45) is 2.65. The van der Waals surface area contributed by atoms with E-state index in [-0.39, 0.29) is 11.8 Å². The number of hydrogen-bond acceptors (Lipinski definition) is 3. The Kier molecular flexibility index (Phi) is 6.12. The number of nitrogens with zero attached hydrogens (tertiary/aromatic N) is 2. The van der Waals surface area contributed by atoms with E-state index in [4.69, 9.17) is 4.74 Å². The summed E-state index contributed by atoms with van der Waals surface area (Å²) in [5.74, 6) is 0.943. The molecule has 0 N–H and O–H groups in total. The van der Waals surface area contributed by atoms with Crippen molar-refractivity contribution < 1.29 is 14.3 Å². The number of benzene rings is 2. The summed E-state index contributed by atoms with van der Waals surface area (Å²) >= 11 is 0. The van der Waals surface area contributed by atoms with Gasteiger partial charge < -0.3 is 14.5 Å². The molecule has 0 spiro atoms. The summed E-state index contributed by atoms with van der Waals surface area (Å²) < 4.78 is 5.28. The first kappa shape index (κ1) is 19.0. The van der Waals surface area contributed by atoms with Crippen molar-refractivity contribution in [3.05, 3.63) is 54.1 Å². The predicted molar refractivity (Wildman–Crippen MR) is 106 cm³/mol. The van der Waals surface area contributed by atoms with Crippen LogP contribution in [0.5, 0.6) is 5.75 Å². The van der Waals surface area contributed by atoms with Gasteiger partial charge in [-0.15, -0.1) is 0 Å². The quantitative estimate of drug-likeness (QED) is 0.787. The number of methoxy groups -OCH3 is 1. The molecule has 2 amide bonds. The summed E-state index contributed by atoms with van der Waals surface area (Å²) in [7, 11) is 3.43. The Labute approximate surface area is 160 Å². The fraction of sp³-hybridized carbons (Fsp3) is 0.364. The summed E-state index contributed by atoms with van der Waals surface area (Å²) in [5.41, 5.74) is 2.62. The Bertz CT molecular complexity index is 819. The van der Waals surface area contributed by atoms with Crippen LogP contribution in [0, 0.1) is 0 Å². The molecule has 5 heteroatoms. The Morgan fingerprint density at radius 2 is 1.85 bits per heavy atom. The molecule has 0 bridgehead atoms. The fourth-order valence-electron chi connectivity index (χ4n) is 3.33. The van der Waals surface area contributed by atoms with E-state index in [9.17, 15) is 9.59 Å². The number of likely N-dealkylation sites (tertiary alicyclic amines) is 1. The van der Waals surface area contributed by atoms with Crippen molar-refractivity contribution in [1.82, 2.24) is 9.80 Å². The maximum absolute atomic E-state index is 12.8. The van der Waals surface area contributed by atoms with Crippen molar-refractivity contribution in [2.75, 3.05) is 33.8 Å². The van der Waals surface area contributed by atoms with Gasteiger partial charge in [0.05, 0.1) is 7.11 Å². The zero-order chi connectivity index (χ0) is 19.2. The second-order valence-electron chi connectivity index (χ2n) is 6.88. The second kappa shape index (κ2) is 8.71. The van der Waals surface area contributed by atoms with E-state index >= 15 is 0 Å². The van der Waals surface area contributed by atoms with Crippen LogP contribution in [0.25, 0.3) is 11.1 Å². The lowest BCUT2D eigenvalue weighted by molar-refractivity contribution is -0.133. The van der Waals surface area contributed by atoms with Gasteiger partial charge in [0, 0.05) is 38.7 Å². The maximum atomic E-state index is 12.8. The highest BCUT2D eigenvalue weighted by atomic mass is 16.5. The minimum absolute atomic E-state index is 0.0378. The lowest BCUT2D eigenvalue weighted by atomic mass is 10.0. The SMILES string of the molecule is COc1cccc(-c2cccc(C(=O)N(C)CCN3CCCCC3=O)c2)c1. The standard InChI is InChI=1S/C22H26N2O3/c1-23(13-14-24-12-4-3-11-21(24)25)22(26)19-9-5-7-17(15-19)18-8-6-10-20(16-18)27-2/h5-10,15-16H,3-4,11-14H2,1-2H3. The molecular weight excluding hydrogens is 340 g/mol. The van der Waals surface area contributed by atoms with Crippen LogP contribution in [0.4, 0.5) is 0 Å². The molecule has 1 aliphatic rings. The van der Waals surface area contributed by atoms with Crippen LogP contribution in [0.1, 0.15) is 29.6 Å². The van der Waals surface area contributed by atoms with Crippen LogP contribution in [-0.4, -0.2) is 55.4 Å². The Hall–Kier alpha value is -2.82. The van der Waals surface area contributed by atoms with Gasteiger partial charge in [0.2, 0.25) is 5.91 Å². The molecule has 0 unspecified atom stereocenters. The van der Waals surface area contributed by atoms with E-state index in [1.165, 1.54) is 0 Å².